The largest absolute Gasteiger partial charge is 0.494 e. The summed E-state index contributed by atoms with van der Waals surface area (Å²) in [6.45, 7) is 2.28. The highest BCUT2D eigenvalue weighted by molar-refractivity contribution is 7.80. The van der Waals surface area contributed by atoms with Gasteiger partial charge in [0.1, 0.15) is 5.75 Å². The van der Waals surface area contributed by atoms with E-state index >= 15 is 0 Å². The highest BCUT2D eigenvalue weighted by atomic mass is 35.5. The van der Waals surface area contributed by atoms with Gasteiger partial charge in [0.15, 0.2) is 0 Å². The van der Waals surface area contributed by atoms with E-state index in [0.717, 1.165) is 15.7 Å². The van der Waals surface area contributed by atoms with Gasteiger partial charge in [-0.15, -0.1) is 12.6 Å². The molecule has 2 rings (SSSR count). The van der Waals surface area contributed by atoms with Gasteiger partial charge in [0, 0.05) is 22.4 Å². The van der Waals surface area contributed by atoms with Gasteiger partial charge in [0.2, 0.25) is 0 Å². The van der Waals surface area contributed by atoms with Gasteiger partial charge in [-0.25, -0.2) is 4.79 Å². The number of ether oxygens (including phenoxy) is 1. The predicted octanol–water partition coefficient (Wildman–Crippen LogP) is 4.74. The van der Waals surface area contributed by atoms with Crippen LogP contribution >= 0.6 is 24.2 Å². The molecule has 0 fully saturated rings. The number of thiol groups is 1. The maximum Gasteiger partial charge on any atom is 0.404 e. The number of amides is 1. The molecule has 0 aliphatic carbocycles. The van der Waals surface area contributed by atoms with Crippen LogP contribution in [-0.4, -0.2) is 23.8 Å². The Morgan fingerprint density at radius 1 is 1.22 bits per heavy atom. The molecule has 0 spiro atoms. The minimum atomic E-state index is -1.01. The summed E-state index contributed by atoms with van der Waals surface area (Å²) in [5, 5.41) is 11.6. The third-order valence-corrected chi connectivity index (χ3v) is 3.31. The van der Waals surface area contributed by atoms with Crippen LogP contribution in [0.5, 0.6) is 5.75 Å². The maximum absolute atomic E-state index is 10.3. The van der Waals surface area contributed by atoms with E-state index in [9.17, 15) is 4.79 Å². The summed E-state index contributed by atoms with van der Waals surface area (Å²) in [6.07, 6.45) is -0.374. The highest BCUT2D eigenvalue weighted by Crippen LogP contribution is 2.14. The van der Waals surface area contributed by atoms with Gasteiger partial charge in [-0.1, -0.05) is 29.8 Å². The van der Waals surface area contributed by atoms with Crippen molar-refractivity contribution in [3.63, 3.8) is 0 Å². The summed E-state index contributed by atoms with van der Waals surface area (Å²) in [5.74, 6) is 0.764. The number of carboxylic acid groups (broad SMARTS) is 1. The fourth-order valence-corrected chi connectivity index (χ4v) is 1.89. The quantitative estimate of drug-likeness (QED) is 0.680. The van der Waals surface area contributed by atoms with Gasteiger partial charge in [0.05, 0.1) is 6.61 Å². The molecule has 0 saturated heterocycles. The number of halogens is 1. The first-order valence-electron chi connectivity index (χ1n) is 7.09. The Morgan fingerprint density at radius 2 is 1.83 bits per heavy atom. The van der Waals surface area contributed by atoms with Crippen molar-refractivity contribution in [2.24, 2.45) is 0 Å². The summed E-state index contributed by atoms with van der Waals surface area (Å²) in [4.78, 5) is 11.2. The fraction of sp³-hybridized carbons (Fsp3) is 0.235. The van der Waals surface area contributed by atoms with Crippen LogP contribution in [0.4, 0.5) is 4.79 Å². The lowest BCUT2D eigenvalue weighted by Gasteiger charge is -2.12. The Labute approximate surface area is 146 Å². The SMILES string of the molecule is CC(CCOc1ccc(S)cc1)NC(=O)O.Clc1ccccc1. The molecule has 0 radical (unpaired) electrons. The zero-order valence-electron chi connectivity index (χ0n) is 12.8. The lowest BCUT2D eigenvalue weighted by molar-refractivity contribution is 0.188. The molecular weight excluding hydrogens is 334 g/mol. The van der Waals surface area contributed by atoms with Crippen LogP contribution in [0.3, 0.4) is 0 Å². The zero-order valence-corrected chi connectivity index (χ0v) is 14.4. The van der Waals surface area contributed by atoms with Crippen LogP contribution < -0.4 is 10.1 Å². The van der Waals surface area contributed by atoms with Gasteiger partial charge in [-0.2, -0.15) is 0 Å². The molecule has 0 aliphatic rings. The first-order valence-corrected chi connectivity index (χ1v) is 7.91. The first kappa shape index (κ1) is 19.2. The molecule has 6 heteroatoms. The maximum atomic E-state index is 10.3. The van der Waals surface area contributed by atoms with Crippen molar-refractivity contribution in [1.82, 2.24) is 5.32 Å². The molecule has 4 nitrogen and oxygen atoms in total. The molecule has 2 aromatic rings. The van der Waals surface area contributed by atoms with Crippen LogP contribution in [0.2, 0.25) is 5.02 Å². The van der Waals surface area contributed by atoms with Crippen LogP contribution in [0.1, 0.15) is 13.3 Å². The van der Waals surface area contributed by atoms with E-state index in [0.29, 0.717) is 13.0 Å². The van der Waals surface area contributed by atoms with E-state index < -0.39 is 6.09 Å². The van der Waals surface area contributed by atoms with E-state index in [1.165, 1.54) is 0 Å². The summed E-state index contributed by atoms with van der Waals surface area (Å²) < 4.78 is 5.45. The average Bonchev–Trinajstić information content (AvgIpc) is 2.50. The molecule has 2 aromatic carbocycles. The van der Waals surface area contributed by atoms with Gasteiger partial charge >= 0.3 is 6.09 Å². The average molecular weight is 354 g/mol. The van der Waals surface area contributed by atoms with E-state index in [1.807, 2.05) is 54.6 Å². The molecule has 2 N–H and O–H groups in total. The molecule has 0 saturated carbocycles. The van der Waals surface area contributed by atoms with Crippen LogP contribution in [0.15, 0.2) is 59.5 Å². The summed E-state index contributed by atoms with van der Waals surface area (Å²) in [5.41, 5.74) is 0. The van der Waals surface area contributed by atoms with Gasteiger partial charge in [-0.05, 0) is 43.3 Å². The third kappa shape index (κ3) is 9.71. The second kappa shape index (κ2) is 10.8. The number of hydrogen-bond acceptors (Lipinski definition) is 3. The minimum Gasteiger partial charge on any atom is -0.494 e. The second-order valence-electron chi connectivity index (χ2n) is 4.78. The van der Waals surface area contributed by atoms with Crippen molar-refractivity contribution in [2.45, 2.75) is 24.3 Å². The zero-order chi connectivity index (χ0) is 17.1. The Bertz CT molecular complexity index is 578. The lowest BCUT2D eigenvalue weighted by atomic mass is 10.2. The molecule has 23 heavy (non-hydrogen) atoms. The molecule has 0 heterocycles. The van der Waals surface area contributed by atoms with Gasteiger partial charge < -0.3 is 15.2 Å². The number of benzene rings is 2. The van der Waals surface area contributed by atoms with Crippen LogP contribution in [0, 0.1) is 0 Å². The van der Waals surface area contributed by atoms with Crippen molar-refractivity contribution in [3.05, 3.63) is 59.6 Å². The molecule has 0 bridgehead atoms. The van der Waals surface area contributed by atoms with Gasteiger partial charge in [0.25, 0.3) is 0 Å². The molecule has 0 aromatic heterocycles. The van der Waals surface area contributed by atoms with E-state index in [1.54, 1.807) is 6.92 Å². The van der Waals surface area contributed by atoms with E-state index in [4.69, 9.17) is 21.4 Å². The predicted molar refractivity (Wildman–Crippen MR) is 95.9 cm³/mol. The summed E-state index contributed by atoms with van der Waals surface area (Å²) in [6, 6.07) is 16.7. The number of carbonyl (C=O) groups is 1. The highest BCUT2D eigenvalue weighted by Gasteiger charge is 2.04. The normalized spacial score (nSPS) is 10.9. The number of rotatable bonds is 5. The summed E-state index contributed by atoms with van der Waals surface area (Å²) in [7, 11) is 0. The Hall–Kier alpha value is -1.85. The molecule has 1 atom stereocenters. The number of hydrogen-bond donors (Lipinski definition) is 3. The first-order chi connectivity index (χ1) is 11.0. The van der Waals surface area contributed by atoms with Crippen molar-refractivity contribution in [1.29, 1.82) is 0 Å². The summed E-state index contributed by atoms with van der Waals surface area (Å²) >= 11 is 9.70. The Morgan fingerprint density at radius 3 is 2.30 bits per heavy atom. The fourth-order valence-electron chi connectivity index (χ4n) is 1.59. The van der Waals surface area contributed by atoms with Crippen molar-refractivity contribution in [2.75, 3.05) is 6.61 Å². The Kier molecular flexibility index (Phi) is 9.02. The van der Waals surface area contributed by atoms with E-state index in [-0.39, 0.29) is 6.04 Å². The van der Waals surface area contributed by atoms with E-state index in [2.05, 4.69) is 17.9 Å². The molecule has 0 aliphatic heterocycles. The molecular formula is C17H20ClNO3S. The number of nitrogens with one attached hydrogen (secondary N) is 1. The molecule has 124 valence electrons. The second-order valence-corrected chi connectivity index (χ2v) is 5.73. The van der Waals surface area contributed by atoms with Crippen molar-refractivity contribution < 1.29 is 14.6 Å². The molecule has 1 amide bonds. The monoisotopic (exact) mass is 353 g/mol. The Balaban J connectivity index is 0.000000313. The standard InChI is InChI=1S/C11H15NO3S.C6H5Cl/c1-8(12-11(13)14)6-7-15-9-2-4-10(16)5-3-9;7-6-4-2-1-3-5-6/h2-5,8,12,16H,6-7H2,1H3,(H,13,14);1-5H. The topological polar surface area (TPSA) is 58.6 Å². The molecule has 1 unspecified atom stereocenters. The van der Waals surface area contributed by atoms with Gasteiger partial charge in [-0.3, -0.25) is 0 Å². The minimum absolute atomic E-state index is 0.110. The van der Waals surface area contributed by atoms with Crippen LogP contribution in [0.25, 0.3) is 0 Å². The third-order valence-electron chi connectivity index (χ3n) is 2.76. The smallest absolute Gasteiger partial charge is 0.404 e. The van der Waals surface area contributed by atoms with Crippen molar-refractivity contribution >= 4 is 30.3 Å². The lowest BCUT2D eigenvalue weighted by Crippen LogP contribution is -2.32. The van der Waals surface area contributed by atoms with Crippen molar-refractivity contribution in [3.8, 4) is 5.75 Å². The van der Waals surface area contributed by atoms with Crippen LogP contribution in [-0.2, 0) is 0 Å².